The van der Waals surface area contributed by atoms with Crippen molar-refractivity contribution < 1.29 is 9.84 Å². The Hall–Kier alpha value is -1.02. The van der Waals surface area contributed by atoms with Crippen LogP contribution < -0.4 is 4.74 Å². The van der Waals surface area contributed by atoms with Crippen LogP contribution in [0.5, 0.6) is 5.75 Å². The molecule has 1 aliphatic rings. The van der Waals surface area contributed by atoms with Gasteiger partial charge in [-0.25, -0.2) is 0 Å². The summed E-state index contributed by atoms with van der Waals surface area (Å²) in [6, 6.07) is 4.20. The van der Waals surface area contributed by atoms with Gasteiger partial charge in [0.2, 0.25) is 0 Å². The second-order valence-electron chi connectivity index (χ2n) is 7.27. The minimum Gasteiger partial charge on any atom is -0.496 e. The summed E-state index contributed by atoms with van der Waals surface area (Å²) in [7, 11) is 1.70. The number of hydrogen-bond acceptors (Lipinski definition) is 2. The van der Waals surface area contributed by atoms with Crippen LogP contribution in [0.4, 0.5) is 0 Å². The first kappa shape index (κ1) is 16.4. The van der Waals surface area contributed by atoms with Crippen molar-refractivity contribution in [2.75, 3.05) is 7.11 Å². The van der Waals surface area contributed by atoms with E-state index < -0.39 is 6.10 Å². The molecule has 2 nitrogen and oxygen atoms in total. The summed E-state index contributed by atoms with van der Waals surface area (Å²) in [5.74, 6) is 1.45. The Labute approximate surface area is 129 Å². The fourth-order valence-electron chi connectivity index (χ4n) is 4.25. The van der Waals surface area contributed by atoms with Gasteiger partial charge < -0.3 is 9.84 Å². The molecule has 118 valence electrons. The van der Waals surface area contributed by atoms with Crippen molar-refractivity contribution in [2.45, 2.75) is 65.9 Å². The predicted octanol–water partition coefficient (Wildman–Crippen LogP) is 4.95. The highest BCUT2D eigenvalue weighted by atomic mass is 16.5. The van der Waals surface area contributed by atoms with Gasteiger partial charge in [-0.3, -0.25) is 0 Å². The number of aliphatic hydroxyl groups is 1. The van der Waals surface area contributed by atoms with Crippen molar-refractivity contribution >= 4 is 0 Å². The maximum Gasteiger partial charge on any atom is 0.125 e. The molecule has 1 unspecified atom stereocenters. The van der Waals surface area contributed by atoms with Gasteiger partial charge in [0.25, 0.3) is 0 Å². The van der Waals surface area contributed by atoms with Crippen molar-refractivity contribution in [1.29, 1.82) is 0 Å². The van der Waals surface area contributed by atoms with Gasteiger partial charge in [-0.1, -0.05) is 32.8 Å². The molecule has 1 fully saturated rings. The van der Waals surface area contributed by atoms with Crippen LogP contribution in [0.1, 0.15) is 68.7 Å². The molecule has 21 heavy (non-hydrogen) atoms. The molecule has 0 radical (unpaired) electrons. The second kappa shape index (κ2) is 6.39. The van der Waals surface area contributed by atoms with Gasteiger partial charge in [0.1, 0.15) is 5.75 Å². The van der Waals surface area contributed by atoms with Gasteiger partial charge >= 0.3 is 0 Å². The van der Waals surface area contributed by atoms with E-state index in [1.54, 1.807) is 7.11 Å². The van der Waals surface area contributed by atoms with Crippen LogP contribution >= 0.6 is 0 Å². The first-order valence-corrected chi connectivity index (χ1v) is 8.23. The highest BCUT2D eigenvalue weighted by Crippen LogP contribution is 2.53. The maximum absolute atomic E-state index is 11.2. The standard InChI is InChI=1S/C19H30O2/c1-13(2)12-19(8-6-7-9-19)18(20)17-15(4)10-14(3)11-16(17)21-5/h10-11,13,18,20H,6-9,12H2,1-5H3. The quantitative estimate of drug-likeness (QED) is 0.831. The van der Waals surface area contributed by atoms with Gasteiger partial charge in [0.05, 0.1) is 13.2 Å². The van der Waals surface area contributed by atoms with E-state index in [9.17, 15) is 5.11 Å². The lowest BCUT2D eigenvalue weighted by atomic mass is 9.71. The van der Waals surface area contributed by atoms with Crippen LogP contribution in [-0.4, -0.2) is 12.2 Å². The number of rotatable bonds is 5. The third-order valence-corrected chi connectivity index (χ3v) is 4.98. The lowest BCUT2D eigenvalue weighted by Crippen LogP contribution is -2.28. The molecule has 0 amide bonds. The summed E-state index contributed by atoms with van der Waals surface area (Å²) in [5.41, 5.74) is 3.37. The largest absolute Gasteiger partial charge is 0.496 e. The third-order valence-electron chi connectivity index (χ3n) is 4.98. The molecule has 2 heteroatoms. The van der Waals surface area contributed by atoms with E-state index in [1.807, 2.05) is 6.07 Å². The molecule has 2 rings (SSSR count). The monoisotopic (exact) mass is 290 g/mol. The van der Waals surface area contributed by atoms with E-state index in [1.165, 1.54) is 18.4 Å². The first-order valence-electron chi connectivity index (χ1n) is 8.23. The topological polar surface area (TPSA) is 29.5 Å². The normalized spacial score (nSPS) is 19.0. The number of aliphatic hydroxyl groups excluding tert-OH is 1. The number of aryl methyl sites for hydroxylation is 2. The van der Waals surface area contributed by atoms with Gasteiger partial charge in [-0.15, -0.1) is 0 Å². The zero-order valence-corrected chi connectivity index (χ0v) is 14.2. The molecule has 0 heterocycles. The zero-order valence-electron chi connectivity index (χ0n) is 14.2. The maximum atomic E-state index is 11.2. The van der Waals surface area contributed by atoms with E-state index in [2.05, 4.69) is 33.8 Å². The van der Waals surface area contributed by atoms with E-state index in [4.69, 9.17) is 4.74 Å². The van der Waals surface area contributed by atoms with Crippen molar-refractivity contribution in [2.24, 2.45) is 11.3 Å². The van der Waals surface area contributed by atoms with Gasteiger partial charge in [0.15, 0.2) is 0 Å². The third kappa shape index (κ3) is 3.26. The molecule has 1 aromatic carbocycles. The van der Waals surface area contributed by atoms with Crippen molar-refractivity contribution in [3.63, 3.8) is 0 Å². The minimum absolute atomic E-state index is 0.0292. The van der Waals surface area contributed by atoms with Crippen molar-refractivity contribution in [1.82, 2.24) is 0 Å². The molecule has 0 aromatic heterocycles. The summed E-state index contributed by atoms with van der Waals surface area (Å²) in [6.07, 6.45) is 5.39. The zero-order chi connectivity index (χ0) is 15.6. The summed E-state index contributed by atoms with van der Waals surface area (Å²) >= 11 is 0. The molecule has 1 saturated carbocycles. The molecule has 0 bridgehead atoms. The fourth-order valence-corrected chi connectivity index (χ4v) is 4.25. The molecule has 1 aliphatic carbocycles. The second-order valence-corrected chi connectivity index (χ2v) is 7.27. The number of ether oxygens (including phenoxy) is 1. The molecule has 0 spiro atoms. The Morgan fingerprint density at radius 1 is 1.19 bits per heavy atom. The Bertz CT molecular complexity index is 485. The molecule has 1 N–H and O–H groups in total. The van der Waals surface area contributed by atoms with E-state index in [-0.39, 0.29) is 5.41 Å². The van der Waals surface area contributed by atoms with Crippen LogP contribution in [0.25, 0.3) is 0 Å². The van der Waals surface area contributed by atoms with E-state index in [0.29, 0.717) is 5.92 Å². The molecular weight excluding hydrogens is 260 g/mol. The number of methoxy groups -OCH3 is 1. The predicted molar refractivity (Wildman–Crippen MR) is 87.8 cm³/mol. The summed E-state index contributed by atoms with van der Waals surface area (Å²) in [4.78, 5) is 0. The number of hydrogen-bond donors (Lipinski definition) is 1. The molecule has 0 aliphatic heterocycles. The summed E-state index contributed by atoms with van der Waals surface area (Å²) in [5, 5.41) is 11.2. The van der Waals surface area contributed by atoms with Crippen LogP contribution in [-0.2, 0) is 0 Å². The smallest absolute Gasteiger partial charge is 0.125 e. The summed E-state index contributed by atoms with van der Waals surface area (Å²) in [6.45, 7) is 8.68. The Morgan fingerprint density at radius 2 is 1.81 bits per heavy atom. The van der Waals surface area contributed by atoms with Gasteiger partial charge in [-0.2, -0.15) is 0 Å². The van der Waals surface area contributed by atoms with Crippen molar-refractivity contribution in [3.05, 3.63) is 28.8 Å². The lowest BCUT2D eigenvalue weighted by molar-refractivity contribution is 0.00918. The lowest BCUT2D eigenvalue weighted by Gasteiger charge is -2.37. The molecular formula is C19H30O2. The molecule has 1 atom stereocenters. The van der Waals surface area contributed by atoms with E-state index in [0.717, 1.165) is 36.1 Å². The summed E-state index contributed by atoms with van der Waals surface area (Å²) < 4.78 is 5.58. The van der Waals surface area contributed by atoms with Crippen LogP contribution in [0.3, 0.4) is 0 Å². The van der Waals surface area contributed by atoms with E-state index >= 15 is 0 Å². The highest BCUT2D eigenvalue weighted by molar-refractivity contribution is 5.45. The highest BCUT2D eigenvalue weighted by Gasteiger charge is 2.43. The molecule has 0 saturated heterocycles. The number of benzene rings is 1. The SMILES string of the molecule is COc1cc(C)cc(C)c1C(O)C1(CC(C)C)CCCC1. The Morgan fingerprint density at radius 3 is 2.33 bits per heavy atom. The average molecular weight is 290 g/mol. The minimum atomic E-state index is -0.419. The fraction of sp³-hybridized carbons (Fsp3) is 0.684. The average Bonchev–Trinajstić information content (AvgIpc) is 2.86. The van der Waals surface area contributed by atoms with Crippen LogP contribution in [0, 0.1) is 25.2 Å². The van der Waals surface area contributed by atoms with Crippen LogP contribution in [0.2, 0.25) is 0 Å². The van der Waals surface area contributed by atoms with Crippen molar-refractivity contribution in [3.8, 4) is 5.75 Å². The Kier molecular flexibility index (Phi) is 4.98. The van der Waals surface area contributed by atoms with Crippen LogP contribution in [0.15, 0.2) is 12.1 Å². The first-order chi connectivity index (χ1) is 9.89. The molecule has 1 aromatic rings. The van der Waals surface area contributed by atoms with Gasteiger partial charge in [-0.05, 0) is 56.2 Å². The van der Waals surface area contributed by atoms with Gasteiger partial charge in [0, 0.05) is 11.0 Å². The Balaban J connectivity index is 2.44.